The highest BCUT2D eigenvalue weighted by Gasteiger charge is 2.15. The average molecular weight is 483 g/mol. The standard InChI is InChI=1S/C30H30N2O4/c1-4-9-25-16-24(18-28(35-5-2)29(25)36-21-23-10-7-6-8-11-23)17-26(19-31)30(33)32-20-22-12-14-27(34-3)15-13-22/h4,6-8,10-18H,1,5,9,20-21H2,2-3H3,(H,32,33)/b26-17-. The van der Waals surface area contributed by atoms with Crippen LogP contribution in [0.15, 0.2) is 85.0 Å². The van der Waals surface area contributed by atoms with E-state index < -0.39 is 5.91 Å². The molecule has 0 atom stereocenters. The van der Waals surface area contributed by atoms with E-state index in [0.29, 0.717) is 43.2 Å². The lowest BCUT2D eigenvalue weighted by Crippen LogP contribution is -2.23. The van der Waals surface area contributed by atoms with E-state index in [-0.39, 0.29) is 5.57 Å². The Morgan fingerprint density at radius 2 is 1.81 bits per heavy atom. The number of rotatable bonds is 12. The van der Waals surface area contributed by atoms with Crippen LogP contribution in [0.25, 0.3) is 6.08 Å². The molecule has 0 spiro atoms. The lowest BCUT2D eigenvalue weighted by atomic mass is 10.0. The zero-order valence-corrected chi connectivity index (χ0v) is 20.6. The minimum absolute atomic E-state index is 0.00605. The number of nitrogens with zero attached hydrogens (tertiary/aromatic N) is 1. The molecule has 6 nitrogen and oxygen atoms in total. The van der Waals surface area contributed by atoms with Gasteiger partial charge >= 0.3 is 0 Å². The number of allylic oxidation sites excluding steroid dienone is 1. The molecule has 1 amide bonds. The van der Waals surface area contributed by atoms with Crippen LogP contribution in [0.4, 0.5) is 0 Å². The fourth-order valence-corrected chi connectivity index (χ4v) is 3.57. The van der Waals surface area contributed by atoms with E-state index in [4.69, 9.17) is 14.2 Å². The maximum absolute atomic E-state index is 12.7. The Balaban J connectivity index is 1.83. The number of nitriles is 1. The second kappa shape index (κ2) is 13.4. The molecule has 0 fully saturated rings. The quantitative estimate of drug-likeness (QED) is 0.206. The second-order valence-corrected chi connectivity index (χ2v) is 7.91. The highest BCUT2D eigenvalue weighted by Crippen LogP contribution is 2.35. The van der Waals surface area contributed by atoms with Crippen molar-refractivity contribution < 1.29 is 19.0 Å². The first-order chi connectivity index (χ1) is 17.6. The molecular weight excluding hydrogens is 452 g/mol. The van der Waals surface area contributed by atoms with E-state index in [1.165, 1.54) is 0 Å². The summed E-state index contributed by atoms with van der Waals surface area (Å²) in [6.45, 7) is 6.87. The maximum atomic E-state index is 12.7. The van der Waals surface area contributed by atoms with Gasteiger partial charge in [-0.2, -0.15) is 5.26 Å². The number of nitrogens with one attached hydrogen (secondary N) is 1. The number of hydrogen-bond donors (Lipinski definition) is 1. The summed E-state index contributed by atoms with van der Waals surface area (Å²) in [7, 11) is 1.60. The topological polar surface area (TPSA) is 80.6 Å². The molecule has 3 rings (SSSR count). The average Bonchev–Trinajstić information content (AvgIpc) is 2.91. The van der Waals surface area contributed by atoms with Crippen LogP contribution in [0.5, 0.6) is 17.2 Å². The predicted octanol–water partition coefficient (Wildman–Crippen LogP) is 5.62. The number of amides is 1. The number of ether oxygens (including phenoxy) is 3. The lowest BCUT2D eigenvalue weighted by Gasteiger charge is -2.17. The maximum Gasteiger partial charge on any atom is 0.262 e. The molecule has 0 bridgehead atoms. The van der Waals surface area contributed by atoms with Gasteiger partial charge in [0.15, 0.2) is 11.5 Å². The Bertz CT molecular complexity index is 1240. The summed E-state index contributed by atoms with van der Waals surface area (Å²) in [5, 5.41) is 12.5. The normalized spacial score (nSPS) is 10.8. The first kappa shape index (κ1) is 26.1. The number of carbonyl (C=O) groups is 1. The molecule has 0 saturated carbocycles. The van der Waals surface area contributed by atoms with Crippen LogP contribution >= 0.6 is 0 Å². The smallest absolute Gasteiger partial charge is 0.262 e. The van der Waals surface area contributed by atoms with Crippen LogP contribution in [-0.4, -0.2) is 19.6 Å². The molecule has 0 aromatic heterocycles. The summed E-state index contributed by atoms with van der Waals surface area (Å²) in [5.74, 6) is 1.45. The monoisotopic (exact) mass is 482 g/mol. The third kappa shape index (κ3) is 7.25. The molecule has 1 N–H and O–H groups in total. The minimum Gasteiger partial charge on any atom is -0.497 e. The van der Waals surface area contributed by atoms with Crippen molar-refractivity contribution in [2.24, 2.45) is 0 Å². The van der Waals surface area contributed by atoms with E-state index in [2.05, 4.69) is 11.9 Å². The minimum atomic E-state index is -0.457. The number of carbonyl (C=O) groups excluding carboxylic acids is 1. The van der Waals surface area contributed by atoms with Crippen molar-refractivity contribution >= 4 is 12.0 Å². The molecule has 0 heterocycles. The van der Waals surface area contributed by atoms with E-state index in [1.54, 1.807) is 25.3 Å². The SMILES string of the molecule is C=CCc1cc(/C=C(/C#N)C(=O)NCc2ccc(OC)cc2)cc(OCC)c1OCc1ccccc1. The van der Waals surface area contributed by atoms with E-state index in [1.807, 2.05) is 73.7 Å². The van der Waals surface area contributed by atoms with Gasteiger partial charge in [0.2, 0.25) is 0 Å². The number of benzene rings is 3. The summed E-state index contributed by atoms with van der Waals surface area (Å²) in [5.41, 5.74) is 3.45. The van der Waals surface area contributed by atoms with Gasteiger partial charge in [0.25, 0.3) is 5.91 Å². The van der Waals surface area contributed by atoms with Gasteiger partial charge in [0, 0.05) is 12.1 Å². The van der Waals surface area contributed by atoms with Crippen LogP contribution in [0.2, 0.25) is 0 Å². The van der Waals surface area contributed by atoms with Crippen molar-refractivity contribution in [3.8, 4) is 23.3 Å². The summed E-state index contributed by atoms with van der Waals surface area (Å²) in [4.78, 5) is 12.7. The Hall–Kier alpha value is -4.50. The van der Waals surface area contributed by atoms with Crippen LogP contribution in [0, 0.1) is 11.3 Å². The lowest BCUT2D eigenvalue weighted by molar-refractivity contribution is -0.117. The molecule has 0 saturated heterocycles. The molecule has 0 aliphatic rings. The van der Waals surface area contributed by atoms with E-state index in [0.717, 1.165) is 22.4 Å². The van der Waals surface area contributed by atoms with Crippen LogP contribution in [0.1, 0.15) is 29.2 Å². The Morgan fingerprint density at radius 3 is 2.44 bits per heavy atom. The first-order valence-electron chi connectivity index (χ1n) is 11.7. The molecule has 0 unspecified atom stereocenters. The van der Waals surface area contributed by atoms with E-state index in [9.17, 15) is 10.1 Å². The largest absolute Gasteiger partial charge is 0.497 e. The third-order valence-corrected chi connectivity index (χ3v) is 5.33. The summed E-state index contributed by atoms with van der Waals surface area (Å²) >= 11 is 0. The molecule has 3 aromatic carbocycles. The van der Waals surface area contributed by atoms with Crippen molar-refractivity contribution in [2.75, 3.05) is 13.7 Å². The number of hydrogen-bond acceptors (Lipinski definition) is 5. The van der Waals surface area contributed by atoms with Crippen molar-refractivity contribution in [1.29, 1.82) is 5.26 Å². The Morgan fingerprint density at radius 1 is 1.06 bits per heavy atom. The van der Waals surface area contributed by atoms with Crippen molar-refractivity contribution in [1.82, 2.24) is 5.32 Å². The molecular formula is C30H30N2O4. The van der Waals surface area contributed by atoms with Gasteiger partial charge in [-0.15, -0.1) is 6.58 Å². The van der Waals surface area contributed by atoms with Gasteiger partial charge < -0.3 is 19.5 Å². The van der Waals surface area contributed by atoms with Gasteiger partial charge in [-0.1, -0.05) is 48.5 Å². The van der Waals surface area contributed by atoms with Crippen molar-refractivity contribution in [3.05, 3.63) is 107 Å². The zero-order chi connectivity index (χ0) is 25.8. The van der Waals surface area contributed by atoms with Crippen molar-refractivity contribution in [2.45, 2.75) is 26.5 Å². The molecule has 3 aromatic rings. The highest BCUT2D eigenvalue weighted by molar-refractivity contribution is 6.01. The molecule has 0 aliphatic carbocycles. The van der Waals surface area contributed by atoms with Crippen LogP contribution in [-0.2, 0) is 24.4 Å². The summed E-state index contributed by atoms with van der Waals surface area (Å²) in [6, 6.07) is 22.9. The van der Waals surface area contributed by atoms with Crippen LogP contribution in [0.3, 0.4) is 0 Å². The fourth-order valence-electron chi connectivity index (χ4n) is 3.57. The van der Waals surface area contributed by atoms with Gasteiger partial charge in [-0.05, 0) is 60.4 Å². The van der Waals surface area contributed by atoms with Gasteiger partial charge in [-0.25, -0.2) is 0 Å². The Kier molecular flexibility index (Phi) is 9.72. The van der Waals surface area contributed by atoms with E-state index >= 15 is 0 Å². The van der Waals surface area contributed by atoms with Gasteiger partial charge in [-0.3, -0.25) is 4.79 Å². The Labute approximate surface area is 212 Å². The summed E-state index contributed by atoms with van der Waals surface area (Å²) in [6.07, 6.45) is 3.87. The van der Waals surface area contributed by atoms with Crippen LogP contribution < -0.4 is 19.5 Å². The highest BCUT2D eigenvalue weighted by atomic mass is 16.5. The van der Waals surface area contributed by atoms with Crippen molar-refractivity contribution in [3.63, 3.8) is 0 Å². The zero-order valence-electron chi connectivity index (χ0n) is 20.6. The first-order valence-corrected chi connectivity index (χ1v) is 11.7. The summed E-state index contributed by atoms with van der Waals surface area (Å²) < 4.78 is 17.2. The van der Waals surface area contributed by atoms with Gasteiger partial charge in [0.1, 0.15) is 24.0 Å². The van der Waals surface area contributed by atoms with Gasteiger partial charge in [0.05, 0.1) is 13.7 Å². The molecule has 184 valence electrons. The second-order valence-electron chi connectivity index (χ2n) is 7.91. The molecule has 0 radical (unpaired) electrons. The molecule has 0 aliphatic heterocycles. The molecule has 6 heteroatoms. The molecule has 36 heavy (non-hydrogen) atoms. The number of methoxy groups -OCH3 is 1. The predicted molar refractivity (Wildman–Crippen MR) is 141 cm³/mol. The fraction of sp³-hybridized carbons (Fsp3) is 0.200. The third-order valence-electron chi connectivity index (χ3n) is 5.33.